The first-order chi connectivity index (χ1) is 9.72. The van der Waals surface area contributed by atoms with Gasteiger partial charge in [-0.15, -0.1) is 0 Å². The molecule has 2 aromatic rings. The highest BCUT2D eigenvalue weighted by atomic mass is 16.1. The zero-order valence-electron chi connectivity index (χ0n) is 11.9. The highest BCUT2D eigenvalue weighted by Crippen LogP contribution is 2.37. The van der Waals surface area contributed by atoms with E-state index in [1.165, 1.54) is 36.0 Å². The number of carbonyl (C=O) groups excluding carboxylic acids is 1. The lowest BCUT2D eigenvalue weighted by atomic mass is 9.79. The average molecular weight is 264 g/mol. The second kappa shape index (κ2) is 5.62. The summed E-state index contributed by atoms with van der Waals surface area (Å²) in [5.41, 5.74) is 5.08. The maximum absolute atomic E-state index is 11.1. The van der Waals surface area contributed by atoms with Gasteiger partial charge >= 0.3 is 0 Å². The zero-order chi connectivity index (χ0) is 13.9. The lowest BCUT2D eigenvalue weighted by Crippen LogP contribution is -2.08. The number of benzene rings is 2. The summed E-state index contributed by atoms with van der Waals surface area (Å²) in [4.78, 5) is 11.1. The minimum absolute atomic E-state index is 0.213. The number of Topliss-reactive ketones (excluding diaryl/α,β-unsaturated/α-hetero) is 1. The largest absolute Gasteiger partial charge is 0.300 e. The molecule has 0 bridgehead atoms. The van der Waals surface area contributed by atoms with Gasteiger partial charge in [0.25, 0.3) is 0 Å². The molecule has 1 heteroatoms. The molecule has 1 aliphatic rings. The third-order valence-corrected chi connectivity index (χ3v) is 4.20. The van der Waals surface area contributed by atoms with Crippen LogP contribution in [-0.2, 0) is 11.2 Å². The average Bonchev–Trinajstić information content (AvgIpc) is 2.37. The third kappa shape index (κ3) is 2.82. The van der Waals surface area contributed by atoms with Crippen LogP contribution in [0.5, 0.6) is 0 Å². The molecule has 0 aromatic heterocycles. The van der Waals surface area contributed by atoms with Crippen molar-refractivity contribution in [2.75, 3.05) is 0 Å². The summed E-state index contributed by atoms with van der Waals surface area (Å²) in [5.74, 6) is 0.983. The summed E-state index contributed by atoms with van der Waals surface area (Å²) in [5, 5.41) is 0. The highest BCUT2D eigenvalue weighted by molar-refractivity contribution is 5.78. The molecule has 0 spiro atoms. The molecule has 1 saturated carbocycles. The van der Waals surface area contributed by atoms with Gasteiger partial charge < -0.3 is 0 Å². The first-order valence-corrected chi connectivity index (χ1v) is 7.41. The molecule has 0 amide bonds. The lowest BCUT2D eigenvalue weighted by Gasteiger charge is -2.26. The zero-order valence-corrected chi connectivity index (χ0v) is 11.9. The Balaban J connectivity index is 1.83. The Labute approximate surface area is 120 Å². The predicted molar refractivity (Wildman–Crippen MR) is 82.9 cm³/mol. The number of hydrogen-bond donors (Lipinski definition) is 0. The van der Waals surface area contributed by atoms with Crippen molar-refractivity contribution in [2.45, 2.75) is 38.5 Å². The SMILES string of the molecule is CC(=O)Cc1ccc(-c2cccc(C3CCC3)c2)cc1. The van der Waals surface area contributed by atoms with Crippen LogP contribution in [0.25, 0.3) is 11.1 Å². The molecule has 0 N–H and O–H groups in total. The van der Waals surface area contributed by atoms with E-state index < -0.39 is 0 Å². The second-order valence-electron chi connectivity index (χ2n) is 5.83. The number of hydrogen-bond acceptors (Lipinski definition) is 1. The summed E-state index contributed by atoms with van der Waals surface area (Å²) in [6.45, 7) is 1.63. The molecule has 1 fully saturated rings. The van der Waals surface area contributed by atoms with Gasteiger partial charge in [-0.1, -0.05) is 55.0 Å². The predicted octanol–water partition coefficient (Wildman–Crippen LogP) is 4.75. The maximum atomic E-state index is 11.1. The van der Waals surface area contributed by atoms with Crippen molar-refractivity contribution in [1.82, 2.24) is 0 Å². The van der Waals surface area contributed by atoms with Crippen molar-refractivity contribution in [1.29, 1.82) is 0 Å². The van der Waals surface area contributed by atoms with Crippen molar-refractivity contribution in [3.8, 4) is 11.1 Å². The topological polar surface area (TPSA) is 17.1 Å². The van der Waals surface area contributed by atoms with Crippen molar-refractivity contribution in [3.05, 3.63) is 59.7 Å². The van der Waals surface area contributed by atoms with Crippen LogP contribution in [0.3, 0.4) is 0 Å². The summed E-state index contributed by atoms with van der Waals surface area (Å²) in [6, 6.07) is 17.3. The van der Waals surface area contributed by atoms with Gasteiger partial charge in [-0.2, -0.15) is 0 Å². The van der Waals surface area contributed by atoms with Crippen LogP contribution in [0.15, 0.2) is 48.5 Å². The molecule has 0 atom stereocenters. The van der Waals surface area contributed by atoms with E-state index in [4.69, 9.17) is 0 Å². The quantitative estimate of drug-likeness (QED) is 0.778. The first-order valence-electron chi connectivity index (χ1n) is 7.41. The maximum Gasteiger partial charge on any atom is 0.134 e. The van der Waals surface area contributed by atoms with E-state index in [1.54, 1.807) is 6.92 Å². The third-order valence-electron chi connectivity index (χ3n) is 4.20. The van der Waals surface area contributed by atoms with E-state index >= 15 is 0 Å². The van der Waals surface area contributed by atoms with E-state index in [9.17, 15) is 4.79 Å². The van der Waals surface area contributed by atoms with Crippen LogP contribution < -0.4 is 0 Å². The Kier molecular flexibility index (Phi) is 3.68. The Morgan fingerprint density at radius 3 is 2.40 bits per heavy atom. The van der Waals surface area contributed by atoms with Gasteiger partial charge in [0, 0.05) is 6.42 Å². The fourth-order valence-electron chi connectivity index (χ4n) is 2.82. The van der Waals surface area contributed by atoms with Crippen LogP contribution in [0.2, 0.25) is 0 Å². The second-order valence-corrected chi connectivity index (χ2v) is 5.83. The summed E-state index contributed by atoms with van der Waals surface area (Å²) in [6.07, 6.45) is 4.57. The molecule has 0 unspecified atom stereocenters. The molecule has 0 heterocycles. The van der Waals surface area contributed by atoms with Crippen LogP contribution in [0.1, 0.15) is 43.2 Å². The molecule has 3 rings (SSSR count). The fourth-order valence-corrected chi connectivity index (χ4v) is 2.82. The lowest BCUT2D eigenvalue weighted by molar-refractivity contribution is -0.116. The van der Waals surface area contributed by atoms with Gasteiger partial charge in [0.2, 0.25) is 0 Å². The molecule has 0 saturated heterocycles. The van der Waals surface area contributed by atoms with E-state index in [0.717, 1.165) is 11.5 Å². The smallest absolute Gasteiger partial charge is 0.134 e. The van der Waals surface area contributed by atoms with Gasteiger partial charge in [-0.3, -0.25) is 4.79 Å². The van der Waals surface area contributed by atoms with Crippen LogP contribution in [0.4, 0.5) is 0 Å². The standard InChI is InChI=1S/C19H20O/c1-14(20)12-15-8-10-17(11-9-15)19-7-3-6-18(13-19)16-4-2-5-16/h3,6-11,13,16H,2,4-5,12H2,1H3. The van der Waals surface area contributed by atoms with Gasteiger partial charge in [0.15, 0.2) is 0 Å². The van der Waals surface area contributed by atoms with Crippen molar-refractivity contribution < 1.29 is 4.79 Å². The minimum Gasteiger partial charge on any atom is -0.300 e. The van der Waals surface area contributed by atoms with Gasteiger partial charge in [0.1, 0.15) is 5.78 Å². The molecule has 20 heavy (non-hydrogen) atoms. The summed E-state index contributed by atoms with van der Waals surface area (Å²) in [7, 11) is 0. The summed E-state index contributed by atoms with van der Waals surface area (Å²) < 4.78 is 0. The molecule has 0 aliphatic heterocycles. The van der Waals surface area contributed by atoms with E-state index in [2.05, 4.69) is 48.5 Å². The highest BCUT2D eigenvalue weighted by Gasteiger charge is 2.19. The van der Waals surface area contributed by atoms with Crippen LogP contribution in [-0.4, -0.2) is 5.78 Å². The van der Waals surface area contributed by atoms with Crippen LogP contribution >= 0.6 is 0 Å². The number of carbonyl (C=O) groups is 1. The fraction of sp³-hybridized carbons (Fsp3) is 0.316. The van der Waals surface area contributed by atoms with Crippen molar-refractivity contribution in [2.24, 2.45) is 0 Å². The Hall–Kier alpha value is -1.89. The van der Waals surface area contributed by atoms with E-state index in [0.29, 0.717) is 6.42 Å². The van der Waals surface area contributed by atoms with Crippen LogP contribution in [0, 0.1) is 0 Å². The van der Waals surface area contributed by atoms with E-state index in [1.807, 2.05) is 0 Å². The van der Waals surface area contributed by atoms with Crippen molar-refractivity contribution in [3.63, 3.8) is 0 Å². The normalized spacial score (nSPS) is 14.8. The minimum atomic E-state index is 0.213. The number of rotatable bonds is 4. The van der Waals surface area contributed by atoms with E-state index in [-0.39, 0.29) is 5.78 Å². The summed E-state index contributed by atoms with van der Waals surface area (Å²) >= 11 is 0. The number of ketones is 1. The molecule has 1 aliphatic carbocycles. The van der Waals surface area contributed by atoms with Crippen molar-refractivity contribution >= 4 is 5.78 Å². The first kappa shape index (κ1) is 13.1. The Bertz CT molecular complexity index is 606. The monoisotopic (exact) mass is 264 g/mol. The van der Waals surface area contributed by atoms with Gasteiger partial charge in [-0.05, 0) is 47.9 Å². The molecular formula is C19H20O. The molecule has 102 valence electrons. The molecule has 0 radical (unpaired) electrons. The Morgan fingerprint density at radius 2 is 1.80 bits per heavy atom. The molecule has 1 nitrogen and oxygen atoms in total. The molecule has 2 aromatic carbocycles. The molecular weight excluding hydrogens is 244 g/mol. The Morgan fingerprint density at radius 1 is 1.05 bits per heavy atom. The van der Waals surface area contributed by atoms with Gasteiger partial charge in [0.05, 0.1) is 0 Å². The van der Waals surface area contributed by atoms with Gasteiger partial charge in [-0.25, -0.2) is 0 Å².